The third-order valence-electron chi connectivity index (χ3n) is 3.59. The fourth-order valence-corrected chi connectivity index (χ4v) is 2.53. The van der Waals surface area contributed by atoms with E-state index in [9.17, 15) is 5.11 Å². The summed E-state index contributed by atoms with van der Waals surface area (Å²) in [7, 11) is 1.66. The Hall–Kier alpha value is -1.85. The molecule has 0 spiro atoms. The minimum Gasteiger partial charge on any atom is -0.497 e. The summed E-state index contributed by atoms with van der Waals surface area (Å²) in [6, 6.07) is 7.97. The first kappa shape index (κ1) is 13.1. The highest BCUT2D eigenvalue weighted by Gasteiger charge is 2.22. The Balaban J connectivity index is 2.01. The van der Waals surface area contributed by atoms with Crippen molar-refractivity contribution in [2.75, 3.05) is 38.3 Å². The molecule has 1 aliphatic heterocycles. The van der Waals surface area contributed by atoms with Crippen molar-refractivity contribution in [1.29, 1.82) is 0 Å². The Bertz CT molecular complexity index is 603. The Morgan fingerprint density at radius 2 is 2.35 bits per heavy atom. The van der Waals surface area contributed by atoms with Gasteiger partial charge in [-0.2, -0.15) is 0 Å². The van der Waals surface area contributed by atoms with Crippen molar-refractivity contribution in [3.05, 3.63) is 30.5 Å². The van der Waals surface area contributed by atoms with E-state index in [1.807, 2.05) is 30.5 Å². The number of morpholine rings is 1. The molecule has 0 bridgehead atoms. The number of nitrogens with zero attached hydrogens (tertiary/aromatic N) is 2. The molecule has 1 atom stereocenters. The summed E-state index contributed by atoms with van der Waals surface area (Å²) in [5.41, 5.74) is 0. The number of pyridine rings is 1. The van der Waals surface area contributed by atoms with Crippen molar-refractivity contribution in [2.24, 2.45) is 0 Å². The molecule has 3 rings (SSSR count). The van der Waals surface area contributed by atoms with Gasteiger partial charge in [0.05, 0.1) is 26.4 Å². The maximum atomic E-state index is 9.26. The van der Waals surface area contributed by atoms with Crippen molar-refractivity contribution in [2.45, 2.75) is 6.10 Å². The number of benzene rings is 1. The molecule has 5 heteroatoms. The van der Waals surface area contributed by atoms with Crippen LogP contribution in [-0.4, -0.2) is 49.6 Å². The third kappa shape index (κ3) is 2.42. The molecule has 2 heterocycles. The summed E-state index contributed by atoms with van der Waals surface area (Å²) >= 11 is 0. The van der Waals surface area contributed by atoms with Crippen molar-refractivity contribution < 1.29 is 14.6 Å². The molecule has 1 N–H and O–H groups in total. The molecular formula is C15H18N2O3. The summed E-state index contributed by atoms with van der Waals surface area (Å²) in [6.45, 7) is 2.07. The number of aliphatic hydroxyl groups is 1. The van der Waals surface area contributed by atoms with Crippen LogP contribution in [0.4, 0.5) is 5.82 Å². The third-order valence-corrected chi connectivity index (χ3v) is 3.59. The number of fused-ring (bicyclic) bond motifs is 1. The number of ether oxygens (including phenoxy) is 2. The number of rotatable bonds is 3. The van der Waals surface area contributed by atoms with Gasteiger partial charge in [-0.1, -0.05) is 6.07 Å². The number of hydrogen-bond donors (Lipinski definition) is 1. The van der Waals surface area contributed by atoms with Crippen LogP contribution in [0.15, 0.2) is 30.5 Å². The smallest absolute Gasteiger partial charge is 0.136 e. The van der Waals surface area contributed by atoms with Gasteiger partial charge in [-0.15, -0.1) is 0 Å². The predicted molar refractivity (Wildman–Crippen MR) is 77.3 cm³/mol. The summed E-state index contributed by atoms with van der Waals surface area (Å²) in [6.07, 6.45) is 1.67. The van der Waals surface area contributed by atoms with Crippen LogP contribution >= 0.6 is 0 Å². The van der Waals surface area contributed by atoms with Crippen molar-refractivity contribution in [1.82, 2.24) is 4.98 Å². The first-order valence-corrected chi connectivity index (χ1v) is 6.72. The van der Waals surface area contributed by atoms with Crippen molar-refractivity contribution >= 4 is 16.6 Å². The van der Waals surface area contributed by atoms with Crippen molar-refractivity contribution in [3.63, 3.8) is 0 Å². The van der Waals surface area contributed by atoms with Gasteiger partial charge in [-0.3, -0.25) is 0 Å². The molecule has 1 aliphatic rings. The molecule has 0 amide bonds. The molecule has 106 valence electrons. The van der Waals surface area contributed by atoms with Gasteiger partial charge in [0.1, 0.15) is 11.6 Å². The average molecular weight is 274 g/mol. The Morgan fingerprint density at radius 1 is 1.45 bits per heavy atom. The molecule has 20 heavy (non-hydrogen) atoms. The summed E-state index contributed by atoms with van der Waals surface area (Å²) < 4.78 is 10.8. The normalized spacial score (nSPS) is 19.3. The van der Waals surface area contributed by atoms with E-state index >= 15 is 0 Å². The predicted octanol–water partition coefficient (Wildman–Crippen LogP) is 1.44. The molecule has 0 radical (unpaired) electrons. The molecular weight excluding hydrogens is 256 g/mol. The van der Waals surface area contributed by atoms with Crippen LogP contribution in [0, 0.1) is 0 Å². The molecule has 2 aromatic rings. The van der Waals surface area contributed by atoms with E-state index in [0.29, 0.717) is 13.2 Å². The molecule has 1 aromatic heterocycles. The number of anilines is 1. The number of aliphatic hydroxyl groups excluding tert-OH is 1. The maximum Gasteiger partial charge on any atom is 0.136 e. The largest absolute Gasteiger partial charge is 0.497 e. The molecule has 1 saturated heterocycles. The maximum absolute atomic E-state index is 9.26. The lowest BCUT2D eigenvalue weighted by Crippen LogP contribution is -2.44. The van der Waals surface area contributed by atoms with Crippen LogP contribution < -0.4 is 9.64 Å². The van der Waals surface area contributed by atoms with Gasteiger partial charge < -0.3 is 19.5 Å². The fourth-order valence-electron chi connectivity index (χ4n) is 2.53. The zero-order chi connectivity index (χ0) is 13.9. The minimum atomic E-state index is -0.147. The SMILES string of the molecule is COc1ccc2ccnc(N3CCOC(CO)C3)c2c1. The zero-order valence-electron chi connectivity index (χ0n) is 11.5. The molecule has 1 fully saturated rings. The second kappa shape index (κ2) is 5.64. The van der Waals surface area contributed by atoms with Gasteiger partial charge in [0.15, 0.2) is 0 Å². The van der Waals surface area contributed by atoms with Crippen molar-refractivity contribution in [3.8, 4) is 5.75 Å². The lowest BCUT2D eigenvalue weighted by Gasteiger charge is -2.33. The van der Waals surface area contributed by atoms with Crippen LogP contribution in [0.25, 0.3) is 10.8 Å². The minimum absolute atomic E-state index is 0.0323. The lowest BCUT2D eigenvalue weighted by molar-refractivity contribution is 0.00344. The highest BCUT2D eigenvalue weighted by atomic mass is 16.5. The van der Waals surface area contributed by atoms with Crippen LogP contribution in [0.2, 0.25) is 0 Å². The van der Waals surface area contributed by atoms with E-state index < -0.39 is 0 Å². The Morgan fingerprint density at radius 3 is 3.15 bits per heavy atom. The van der Waals surface area contributed by atoms with E-state index in [0.717, 1.165) is 28.9 Å². The topological polar surface area (TPSA) is 54.8 Å². The Kier molecular flexibility index (Phi) is 3.71. The van der Waals surface area contributed by atoms with E-state index in [1.54, 1.807) is 7.11 Å². The van der Waals surface area contributed by atoms with Gasteiger partial charge in [0.2, 0.25) is 0 Å². The van der Waals surface area contributed by atoms with Gasteiger partial charge in [-0.25, -0.2) is 4.98 Å². The number of hydrogen-bond acceptors (Lipinski definition) is 5. The summed E-state index contributed by atoms with van der Waals surface area (Å²) in [5, 5.41) is 11.4. The quantitative estimate of drug-likeness (QED) is 0.918. The second-order valence-electron chi connectivity index (χ2n) is 4.84. The average Bonchev–Trinajstić information content (AvgIpc) is 2.53. The highest BCUT2D eigenvalue weighted by Crippen LogP contribution is 2.29. The van der Waals surface area contributed by atoms with Gasteiger partial charge >= 0.3 is 0 Å². The van der Waals surface area contributed by atoms with E-state index in [2.05, 4.69) is 9.88 Å². The molecule has 1 aromatic carbocycles. The van der Waals surface area contributed by atoms with Crippen LogP contribution in [-0.2, 0) is 4.74 Å². The molecule has 0 aliphatic carbocycles. The van der Waals surface area contributed by atoms with E-state index in [1.165, 1.54) is 0 Å². The zero-order valence-corrected chi connectivity index (χ0v) is 11.5. The molecule has 1 unspecified atom stereocenters. The molecule has 5 nitrogen and oxygen atoms in total. The fraction of sp³-hybridized carbons (Fsp3) is 0.400. The number of aromatic nitrogens is 1. The summed E-state index contributed by atoms with van der Waals surface area (Å²) in [5.74, 6) is 1.74. The standard InChI is InChI=1S/C15H18N2O3/c1-19-12-3-2-11-4-5-16-15(14(11)8-12)17-6-7-20-13(9-17)10-18/h2-5,8,13,18H,6-7,9-10H2,1H3. The lowest BCUT2D eigenvalue weighted by atomic mass is 10.1. The van der Waals surface area contributed by atoms with E-state index in [4.69, 9.17) is 9.47 Å². The van der Waals surface area contributed by atoms with Crippen LogP contribution in [0.1, 0.15) is 0 Å². The first-order chi connectivity index (χ1) is 9.81. The monoisotopic (exact) mass is 274 g/mol. The first-order valence-electron chi connectivity index (χ1n) is 6.72. The second-order valence-corrected chi connectivity index (χ2v) is 4.84. The number of methoxy groups -OCH3 is 1. The Labute approximate surface area is 117 Å². The van der Waals surface area contributed by atoms with Gasteiger partial charge in [0, 0.05) is 24.7 Å². The van der Waals surface area contributed by atoms with Gasteiger partial charge in [0.25, 0.3) is 0 Å². The van der Waals surface area contributed by atoms with Crippen LogP contribution in [0.5, 0.6) is 5.75 Å². The highest BCUT2D eigenvalue weighted by molar-refractivity contribution is 5.93. The van der Waals surface area contributed by atoms with E-state index in [-0.39, 0.29) is 12.7 Å². The summed E-state index contributed by atoms with van der Waals surface area (Å²) in [4.78, 5) is 6.67. The van der Waals surface area contributed by atoms with Gasteiger partial charge in [-0.05, 0) is 23.6 Å². The molecule has 0 saturated carbocycles. The van der Waals surface area contributed by atoms with Crippen LogP contribution in [0.3, 0.4) is 0 Å².